The van der Waals surface area contributed by atoms with Crippen LogP contribution in [0.15, 0.2) is 21.3 Å². The number of carbonyl (C=O) groups is 3. The Bertz CT molecular complexity index is 876. The average molecular weight is 454 g/mol. The van der Waals surface area contributed by atoms with Crippen molar-refractivity contribution < 1.29 is 53.9 Å². The van der Waals surface area contributed by atoms with Crippen LogP contribution in [0.1, 0.15) is 12.6 Å². The molecule has 10 nitrogen and oxygen atoms in total. The minimum atomic E-state index is -1.54. The van der Waals surface area contributed by atoms with Crippen molar-refractivity contribution in [2.45, 2.75) is 18.3 Å². The number of carbonyl (C=O) groups excluding carboxylic acids is 3. The smallest absolute Gasteiger partial charge is 0.543 e. The molecule has 0 saturated carbocycles. The van der Waals surface area contributed by atoms with E-state index in [4.69, 9.17) is 22.2 Å². The summed E-state index contributed by atoms with van der Waals surface area (Å²) in [5.41, 5.74) is 5.29. The summed E-state index contributed by atoms with van der Waals surface area (Å²) in [6.45, 7) is 1.92. The van der Waals surface area contributed by atoms with Gasteiger partial charge >= 0.3 is 29.6 Å². The van der Waals surface area contributed by atoms with Gasteiger partial charge in [-0.15, -0.1) is 23.1 Å². The first-order valence-corrected chi connectivity index (χ1v) is 9.92. The van der Waals surface area contributed by atoms with Gasteiger partial charge in [0.25, 0.3) is 11.8 Å². The van der Waals surface area contributed by atoms with Crippen LogP contribution in [0.5, 0.6) is 0 Å². The fourth-order valence-corrected chi connectivity index (χ4v) is 4.61. The van der Waals surface area contributed by atoms with Gasteiger partial charge in [-0.05, 0) is 6.92 Å². The van der Waals surface area contributed by atoms with E-state index in [-0.39, 0.29) is 69.2 Å². The van der Waals surface area contributed by atoms with Crippen LogP contribution >= 0.6 is 34.7 Å². The standard InChI is InChI=1S/C14H14ClN5O5S2.Na/c1-2-25-19-7(6-4-27-14(16)17-6)10(21)18-8-11(22)20-9(13(23)24)5(15)3-26-12(8)20;/h4,8,12H,2-3H2,1H3,(H2,16,17)(H,18,21)(H,23,24);/q;+1/p-1/b19-7+;/t8?,12-;/m1./s1. The van der Waals surface area contributed by atoms with Crippen LogP contribution in [0.3, 0.4) is 0 Å². The predicted molar refractivity (Wildman–Crippen MR) is 97.6 cm³/mol. The topological polar surface area (TPSA) is 150 Å². The van der Waals surface area contributed by atoms with Crippen LogP contribution in [0.2, 0.25) is 0 Å². The number of rotatable bonds is 6. The summed E-state index contributed by atoms with van der Waals surface area (Å²) in [4.78, 5) is 46.2. The number of thiazole rings is 1. The summed E-state index contributed by atoms with van der Waals surface area (Å²) >= 11 is 8.24. The van der Waals surface area contributed by atoms with Crippen molar-refractivity contribution in [2.24, 2.45) is 5.16 Å². The molecule has 3 heterocycles. The monoisotopic (exact) mass is 453 g/mol. The maximum Gasteiger partial charge on any atom is 1.00 e. The number of aromatic nitrogens is 1. The number of carboxylic acids is 1. The van der Waals surface area contributed by atoms with Crippen LogP contribution < -0.4 is 45.7 Å². The van der Waals surface area contributed by atoms with Crippen molar-refractivity contribution in [1.29, 1.82) is 0 Å². The molecule has 0 aliphatic carbocycles. The number of thioether (sulfide) groups is 1. The first-order chi connectivity index (χ1) is 12.8. The molecule has 1 aromatic heterocycles. The van der Waals surface area contributed by atoms with Gasteiger partial charge < -0.3 is 25.8 Å². The van der Waals surface area contributed by atoms with Crippen molar-refractivity contribution in [2.75, 3.05) is 18.1 Å². The Morgan fingerprint density at radius 2 is 2.29 bits per heavy atom. The van der Waals surface area contributed by atoms with E-state index >= 15 is 0 Å². The normalized spacial score (nSPS) is 21.4. The summed E-state index contributed by atoms with van der Waals surface area (Å²) in [5.74, 6) is -2.65. The van der Waals surface area contributed by atoms with Crippen molar-refractivity contribution >= 4 is 63.3 Å². The molecule has 1 fully saturated rings. The number of hydrogen-bond acceptors (Lipinski definition) is 10. The third kappa shape index (κ3) is 4.31. The number of hydrogen-bond donors (Lipinski definition) is 2. The van der Waals surface area contributed by atoms with Crippen molar-refractivity contribution in [3.63, 3.8) is 0 Å². The molecule has 2 aliphatic heterocycles. The first-order valence-electron chi connectivity index (χ1n) is 7.62. The number of anilines is 1. The van der Waals surface area contributed by atoms with Gasteiger partial charge in [0.15, 0.2) is 10.8 Å². The van der Waals surface area contributed by atoms with E-state index in [9.17, 15) is 19.5 Å². The Morgan fingerprint density at radius 1 is 1.57 bits per heavy atom. The Morgan fingerprint density at radius 3 is 2.86 bits per heavy atom. The molecular formula is C14H13ClN5NaO5S2. The molecule has 0 spiro atoms. The second-order valence-corrected chi connectivity index (χ2v) is 7.78. The third-order valence-corrected chi connectivity index (χ3v) is 6.09. The number of nitrogens with zero attached hydrogens (tertiary/aromatic N) is 3. The molecular weight excluding hydrogens is 441 g/mol. The quantitative estimate of drug-likeness (QED) is 0.192. The second-order valence-electron chi connectivity index (χ2n) is 5.33. The molecule has 144 valence electrons. The Labute approximate surface area is 194 Å². The fraction of sp³-hybridized carbons (Fsp3) is 0.357. The Hall–Kier alpha value is -1.31. The maximum atomic E-state index is 12.6. The van der Waals surface area contributed by atoms with E-state index in [0.717, 1.165) is 16.2 Å². The van der Waals surface area contributed by atoms with Crippen molar-refractivity contribution in [3.05, 3.63) is 21.8 Å². The van der Waals surface area contributed by atoms with Gasteiger partial charge in [-0.3, -0.25) is 14.5 Å². The van der Waals surface area contributed by atoms with E-state index < -0.39 is 29.2 Å². The predicted octanol–water partition coefficient (Wildman–Crippen LogP) is -3.93. The molecule has 28 heavy (non-hydrogen) atoms. The minimum Gasteiger partial charge on any atom is -0.543 e. The van der Waals surface area contributed by atoms with Gasteiger partial charge in [0.05, 0.1) is 16.7 Å². The van der Waals surface area contributed by atoms with Crippen LogP contribution in [0.25, 0.3) is 0 Å². The Kier molecular flexibility index (Phi) is 7.76. The summed E-state index contributed by atoms with van der Waals surface area (Å²) in [6, 6.07) is -0.940. The zero-order chi connectivity index (χ0) is 19.7. The molecule has 2 atom stereocenters. The van der Waals surface area contributed by atoms with Crippen LogP contribution in [-0.4, -0.2) is 57.2 Å². The summed E-state index contributed by atoms with van der Waals surface area (Å²) < 4.78 is 0. The average Bonchev–Trinajstić information content (AvgIpc) is 3.05. The molecule has 1 unspecified atom stereocenters. The second kappa shape index (κ2) is 9.46. The summed E-state index contributed by atoms with van der Waals surface area (Å²) in [6.07, 6.45) is 0. The number of halogens is 1. The number of nitrogen functional groups attached to an aromatic ring is 1. The van der Waals surface area contributed by atoms with Crippen LogP contribution in [0, 0.1) is 0 Å². The van der Waals surface area contributed by atoms with E-state index in [1.54, 1.807) is 6.92 Å². The fourth-order valence-electron chi connectivity index (χ4n) is 2.51. The first kappa shape index (κ1) is 23.0. The molecule has 14 heteroatoms. The molecule has 3 rings (SSSR count). The molecule has 2 aliphatic rings. The van der Waals surface area contributed by atoms with Gasteiger partial charge in [0.2, 0.25) is 0 Å². The van der Waals surface area contributed by atoms with Crippen LogP contribution in [0.4, 0.5) is 5.13 Å². The SMILES string of the molecule is CCO/N=C(/C(=O)NC1C(=O)N2C(C(=O)[O-])=C(Cl)CS[C@H]12)c1csc(N)n1.[Na+]. The Balaban J connectivity index is 0.00000280. The number of carboxylic acid groups (broad SMARTS) is 1. The molecule has 2 amide bonds. The van der Waals surface area contributed by atoms with Gasteiger partial charge in [0.1, 0.15) is 23.7 Å². The molecule has 0 radical (unpaired) electrons. The number of nitrogens with two attached hydrogens (primary N) is 1. The molecule has 3 N–H and O–H groups in total. The maximum absolute atomic E-state index is 12.6. The van der Waals surface area contributed by atoms with Gasteiger partial charge in [-0.25, -0.2) is 4.98 Å². The zero-order valence-electron chi connectivity index (χ0n) is 14.8. The van der Waals surface area contributed by atoms with E-state index in [1.165, 1.54) is 17.1 Å². The van der Waals surface area contributed by atoms with Crippen molar-refractivity contribution in [3.8, 4) is 0 Å². The zero-order valence-corrected chi connectivity index (χ0v) is 19.2. The van der Waals surface area contributed by atoms with E-state index in [0.29, 0.717) is 0 Å². The third-order valence-electron chi connectivity index (χ3n) is 3.67. The molecule has 1 saturated heterocycles. The number of β-lactam (4-membered cyclic amide) rings is 1. The number of oxime groups is 1. The van der Waals surface area contributed by atoms with Crippen LogP contribution in [-0.2, 0) is 19.2 Å². The van der Waals surface area contributed by atoms with E-state index in [1.807, 2.05) is 0 Å². The molecule has 0 aromatic carbocycles. The summed E-state index contributed by atoms with van der Waals surface area (Å²) in [7, 11) is 0. The number of amides is 2. The van der Waals surface area contributed by atoms with Gasteiger partial charge in [-0.2, -0.15) is 0 Å². The number of nitrogens with one attached hydrogen (secondary N) is 1. The summed E-state index contributed by atoms with van der Waals surface area (Å²) in [5, 5.41) is 18.7. The van der Waals surface area contributed by atoms with Gasteiger partial charge in [0, 0.05) is 11.1 Å². The number of fused-ring (bicyclic) bond motifs is 1. The molecule has 1 aromatic rings. The largest absolute Gasteiger partial charge is 1.00 e. The molecule has 0 bridgehead atoms. The van der Waals surface area contributed by atoms with Gasteiger partial charge in [-0.1, -0.05) is 16.8 Å². The minimum absolute atomic E-state index is 0. The van der Waals surface area contributed by atoms with E-state index in [2.05, 4.69) is 15.5 Å². The van der Waals surface area contributed by atoms with Crippen molar-refractivity contribution in [1.82, 2.24) is 15.2 Å². The number of aliphatic carboxylic acids is 1.